The highest BCUT2D eigenvalue weighted by Gasteiger charge is 2.24. The number of hydrogen-bond donors (Lipinski definition) is 1. The molecule has 1 aliphatic rings. The molecule has 0 saturated carbocycles. The zero-order valence-electron chi connectivity index (χ0n) is 11.5. The van der Waals surface area contributed by atoms with Gasteiger partial charge in [-0.3, -0.25) is 4.79 Å². The van der Waals surface area contributed by atoms with Crippen LogP contribution in [0.1, 0.15) is 28.8 Å². The van der Waals surface area contributed by atoms with Gasteiger partial charge in [0.15, 0.2) is 0 Å². The average molecular weight is 293 g/mol. The topological polar surface area (TPSA) is 57.6 Å². The minimum absolute atomic E-state index is 0.152. The van der Waals surface area contributed by atoms with Gasteiger partial charge in [0.1, 0.15) is 0 Å². The van der Waals surface area contributed by atoms with Gasteiger partial charge in [0.05, 0.1) is 5.56 Å². The molecular formula is C15H19NO3S. The Morgan fingerprint density at radius 1 is 1.25 bits per heavy atom. The number of nitrogens with zero attached hydrogens (tertiary/aromatic N) is 1. The van der Waals surface area contributed by atoms with Crippen molar-refractivity contribution in [2.75, 3.05) is 18.6 Å². The Hall–Kier alpha value is -1.49. The molecule has 1 aliphatic heterocycles. The average Bonchev–Trinajstić information content (AvgIpc) is 2.48. The van der Waals surface area contributed by atoms with Crippen molar-refractivity contribution < 1.29 is 14.7 Å². The van der Waals surface area contributed by atoms with Gasteiger partial charge < -0.3 is 10.0 Å². The fraction of sp³-hybridized carbons (Fsp3) is 0.467. The summed E-state index contributed by atoms with van der Waals surface area (Å²) in [7, 11) is 1.81. The molecule has 1 saturated heterocycles. The van der Waals surface area contributed by atoms with E-state index >= 15 is 0 Å². The number of amides is 1. The molecule has 1 fully saturated rings. The monoisotopic (exact) mass is 293 g/mol. The zero-order valence-corrected chi connectivity index (χ0v) is 12.4. The van der Waals surface area contributed by atoms with Crippen LogP contribution in [-0.4, -0.2) is 40.4 Å². The largest absolute Gasteiger partial charge is 0.478 e. The molecule has 0 aromatic heterocycles. The van der Waals surface area contributed by atoms with E-state index in [-0.39, 0.29) is 17.4 Å². The lowest BCUT2D eigenvalue weighted by Crippen LogP contribution is -2.34. The van der Waals surface area contributed by atoms with E-state index in [1.807, 2.05) is 18.8 Å². The van der Waals surface area contributed by atoms with Crippen LogP contribution in [0, 0.1) is 5.92 Å². The van der Waals surface area contributed by atoms with E-state index in [1.54, 1.807) is 29.2 Å². The lowest BCUT2D eigenvalue weighted by atomic mass is 10.0. The highest BCUT2D eigenvalue weighted by molar-refractivity contribution is 7.99. The molecule has 4 nitrogen and oxygen atoms in total. The molecule has 0 aliphatic carbocycles. The maximum Gasteiger partial charge on any atom is 0.335 e. The first-order valence-electron chi connectivity index (χ1n) is 6.73. The van der Waals surface area contributed by atoms with Crippen molar-refractivity contribution in [1.29, 1.82) is 0 Å². The van der Waals surface area contributed by atoms with Crippen LogP contribution in [-0.2, 0) is 11.3 Å². The molecule has 1 aromatic rings. The quantitative estimate of drug-likeness (QED) is 0.926. The van der Waals surface area contributed by atoms with Crippen molar-refractivity contribution in [3.05, 3.63) is 35.4 Å². The van der Waals surface area contributed by atoms with Crippen LogP contribution in [0.3, 0.4) is 0 Å². The predicted molar refractivity (Wildman–Crippen MR) is 79.9 cm³/mol. The van der Waals surface area contributed by atoms with Gasteiger partial charge in [-0.25, -0.2) is 4.79 Å². The molecule has 1 N–H and O–H groups in total. The molecule has 108 valence electrons. The molecule has 0 spiro atoms. The Morgan fingerprint density at radius 2 is 1.85 bits per heavy atom. The zero-order chi connectivity index (χ0) is 14.5. The SMILES string of the molecule is CN(Cc1ccc(C(=O)O)cc1)C(=O)C1CCSCC1. The van der Waals surface area contributed by atoms with E-state index in [0.29, 0.717) is 6.54 Å². The molecular weight excluding hydrogens is 274 g/mol. The van der Waals surface area contributed by atoms with E-state index in [0.717, 1.165) is 29.9 Å². The Bertz CT molecular complexity index is 480. The molecule has 20 heavy (non-hydrogen) atoms. The van der Waals surface area contributed by atoms with E-state index in [2.05, 4.69) is 0 Å². The predicted octanol–water partition coefficient (Wildman–Crippen LogP) is 2.49. The molecule has 0 radical (unpaired) electrons. The summed E-state index contributed by atoms with van der Waals surface area (Å²) in [5.41, 5.74) is 1.23. The minimum Gasteiger partial charge on any atom is -0.478 e. The van der Waals surface area contributed by atoms with Crippen LogP contribution >= 0.6 is 11.8 Å². The molecule has 1 amide bonds. The summed E-state index contributed by atoms with van der Waals surface area (Å²) in [6.07, 6.45) is 1.93. The number of benzene rings is 1. The van der Waals surface area contributed by atoms with Gasteiger partial charge in [-0.05, 0) is 42.0 Å². The highest BCUT2D eigenvalue weighted by Crippen LogP contribution is 2.24. The van der Waals surface area contributed by atoms with Crippen molar-refractivity contribution in [2.24, 2.45) is 5.92 Å². The normalized spacial score (nSPS) is 15.8. The van der Waals surface area contributed by atoms with Crippen molar-refractivity contribution in [1.82, 2.24) is 4.90 Å². The summed E-state index contributed by atoms with van der Waals surface area (Å²) < 4.78 is 0. The molecule has 1 heterocycles. The van der Waals surface area contributed by atoms with Crippen LogP contribution in [0.5, 0.6) is 0 Å². The Kier molecular flexibility index (Phi) is 5.06. The second-order valence-corrected chi connectivity index (χ2v) is 6.31. The second-order valence-electron chi connectivity index (χ2n) is 5.08. The van der Waals surface area contributed by atoms with Gasteiger partial charge in [0, 0.05) is 19.5 Å². The summed E-state index contributed by atoms with van der Waals surface area (Å²) >= 11 is 1.91. The maximum absolute atomic E-state index is 12.3. The van der Waals surface area contributed by atoms with Gasteiger partial charge >= 0.3 is 5.97 Å². The number of carbonyl (C=O) groups is 2. The lowest BCUT2D eigenvalue weighted by Gasteiger charge is -2.26. The minimum atomic E-state index is -0.930. The molecule has 0 atom stereocenters. The van der Waals surface area contributed by atoms with Crippen molar-refractivity contribution in [3.63, 3.8) is 0 Å². The first-order valence-corrected chi connectivity index (χ1v) is 7.88. The molecule has 0 bridgehead atoms. The Balaban J connectivity index is 1.94. The first-order chi connectivity index (χ1) is 9.58. The number of aromatic carboxylic acids is 1. The number of carbonyl (C=O) groups excluding carboxylic acids is 1. The maximum atomic E-state index is 12.3. The van der Waals surface area contributed by atoms with Gasteiger partial charge in [-0.15, -0.1) is 0 Å². The van der Waals surface area contributed by atoms with Gasteiger partial charge in [0.2, 0.25) is 5.91 Å². The van der Waals surface area contributed by atoms with Gasteiger partial charge in [-0.1, -0.05) is 12.1 Å². The van der Waals surface area contributed by atoms with E-state index in [1.165, 1.54) is 0 Å². The summed E-state index contributed by atoms with van der Waals surface area (Å²) in [5, 5.41) is 8.85. The third kappa shape index (κ3) is 3.76. The molecule has 0 unspecified atom stereocenters. The van der Waals surface area contributed by atoms with Crippen LogP contribution in [0.4, 0.5) is 0 Å². The van der Waals surface area contributed by atoms with E-state index in [9.17, 15) is 9.59 Å². The summed E-state index contributed by atoms with van der Waals surface area (Å²) in [6.45, 7) is 0.530. The smallest absolute Gasteiger partial charge is 0.335 e. The van der Waals surface area contributed by atoms with Crippen molar-refractivity contribution in [3.8, 4) is 0 Å². The van der Waals surface area contributed by atoms with Crippen LogP contribution in [0.2, 0.25) is 0 Å². The highest BCUT2D eigenvalue weighted by atomic mass is 32.2. The van der Waals surface area contributed by atoms with Crippen molar-refractivity contribution >= 4 is 23.6 Å². The fourth-order valence-electron chi connectivity index (χ4n) is 2.36. The molecule has 2 rings (SSSR count). The van der Waals surface area contributed by atoms with Crippen LogP contribution < -0.4 is 0 Å². The second kappa shape index (κ2) is 6.79. The van der Waals surface area contributed by atoms with Crippen LogP contribution in [0.25, 0.3) is 0 Å². The number of rotatable bonds is 4. The van der Waals surface area contributed by atoms with E-state index in [4.69, 9.17) is 5.11 Å². The first kappa shape index (κ1) is 14.9. The van der Waals surface area contributed by atoms with Crippen molar-refractivity contribution in [2.45, 2.75) is 19.4 Å². The fourth-order valence-corrected chi connectivity index (χ4v) is 3.47. The number of carboxylic acids is 1. The number of thioether (sulfide) groups is 1. The van der Waals surface area contributed by atoms with E-state index < -0.39 is 5.97 Å². The molecule has 1 aromatic carbocycles. The third-order valence-electron chi connectivity index (χ3n) is 3.57. The standard InChI is InChI=1S/C15H19NO3S/c1-16(14(17)12-6-8-20-9-7-12)10-11-2-4-13(5-3-11)15(18)19/h2-5,12H,6-10H2,1H3,(H,18,19). The summed E-state index contributed by atoms with van der Waals surface area (Å²) in [6, 6.07) is 6.69. The van der Waals surface area contributed by atoms with Gasteiger partial charge in [0.25, 0.3) is 0 Å². The summed E-state index contributed by atoms with van der Waals surface area (Å²) in [5.74, 6) is 1.56. The van der Waals surface area contributed by atoms with Gasteiger partial charge in [-0.2, -0.15) is 11.8 Å². The number of hydrogen-bond acceptors (Lipinski definition) is 3. The lowest BCUT2D eigenvalue weighted by molar-refractivity contribution is -0.135. The molecule has 5 heteroatoms. The number of carboxylic acid groups (broad SMARTS) is 1. The Labute approximate surface area is 123 Å². The Morgan fingerprint density at radius 3 is 2.40 bits per heavy atom. The van der Waals surface area contributed by atoms with Crippen LogP contribution in [0.15, 0.2) is 24.3 Å². The summed E-state index contributed by atoms with van der Waals surface area (Å²) in [4.78, 5) is 24.8. The third-order valence-corrected chi connectivity index (χ3v) is 4.62.